The molecule has 1 aromatic heterocycles. The van der Waals surface area contributed by atoms with Gasteiger partial charge in [0.15, 0.2) is 0 Å². The highest BCUT2D eigenvalue weighted by atomic mass is 15.3. The van der Waals surface area contributed by atoms with Crippen LogP contribution in [0.2, 0.25) is 0 Å². The first-order chi connectivity index (χ1) is 7.92. The zero-order valence-corrected chi connectivity index (χ0v) is 11.4. The third-order valence-corrected chi connectivity index (χ3v) is 3.31. The van der Waals surface area contributed by atoms with E-state index < -0.39 is 0 Å². The molecule has 1 atom stereocenters. The highest BCUT2D eigenvalue weighted by molar-refractivity contribution is 5.07. The van der Waals surface area contributed by atoms with Gasteiger partial charge in [0.2, 0.25) is 0 Å². The van der Waals surface area contributed by atoms with Gasteiger partial charge in [-0.2, -0.15) is 0 Å². The van der Waals surface area contributed by atoms with Crippen LogP contribution in [0, 0.1) is 12.3 Å². The average molecular weight is 236 g/mol. The van der Waals surface area contributed by atoms with E-state index >= 15 is 0 Å². The fourth-order valence-corrected chi connectivity index (χ4v) is 2.47. The molecule has 17 heavy (non-hydrogen) atoms. The first-order valence-electron chi connectivity index (χ1n) is 6.54. The lowest BCUT2D eigenvalue weighted by Crippen LogP contribution is -2.22. The zero-order chi connectivity index (χ0) is 12.6. The molecule has 0 spiro atoms. The largest absolute Gasteiger partial charge is 0.330 e. The number of hydrogen-bond acceptors (Lipinski definition) is 3. The average Bonchev–Trinajstić information content (AvgIpc) is 2.98. The van der Waals surface area contributed by atoms with Crippen molar-refractivity contribution >= 4 is 0 Å². The fraction of sp³-hybridized carbons (Fsp3) is 0.846. The Morgan fingerprint density at radius 1 is 1.35 bits per heavy atom. The molecule has 1 fully saturated rings. The number of hydrogen-bond donors (Lipinski definition) is 1. The highest BCUT2D eigenvalue weighted by Crippen LogP contribution is 2.39. The highest BCUT2D eigenvalue weighted by Gasteiger charge is 2.32. The molecule has 1 aliphatic rings. The Kier molecular flexibility index (Phi) is 3.25. The Hall–Kier alpha value is -0.900. The van der Waals surface area contributed by atoms with Gasteiger partial charge in [-0.15, -0.1) is 10.2 Å². The van der Waals surface area contributed by atoms with E-state index in [1.807, 2.05) is 6.92 Å². The summed E-state index contributed by atoms with van der Waals surface area (Å²) in [5.41, 5.74) is 6.21. The Bertz CT molecular complexity index is 385. The molecule has 0 bridgehead atoms. The van der Waals surface area contributed by atoms with Crippen LogP contribution in [-0.4, -0.2) is 21.3 Å². The molecule has 96 valence electrons. The minimum Gasteiger partial charge on any atom is -0.330 e. The second-order valence-electron chi connectivity index (χ2n) is 6.40. The maximum absolute atomic E-state index is 5.93. The molecule has 4 nitrogen and oxygen atoms in total. The van der Waals surface area contributed by atoms with Gasteiger partial charge in [0, 0.05) is 18.5 Å². The first-order valence-corrected chi connectivity index (χ1v) is 6.54. The molecule has 0 radical (unpaired) electrons. The van der Waals surface area contributed by atoms with Crippen LogP contribution in [0.1, 0.15) is 63.6 Å². The summed E-state index contributed by atoms with van der Waals surface area (Å²) in [6.45, 7) is 9.45. The molecule has 2 rings (SSSR count). The molecular weight excluding hydrogens is 212 g/mol. The molecule has 1 aliphatic carbocycles. The molecule has 0 aromatic carbocycles. The number of rotatable bonds is 4. The minimum atomic E-state index is 0.276. The lowest BCUT2D eigenvalue weighted by molar-refractivity contribution is 0.330. The smallest absolute Gasteiger partial charge is 0.137 e. The predicted molar refractivity (Wildman–Crippen MR) is 68.9 cm³/mol. The lowest BCUT2D eigenvalue weighted by Gasteiger charge is -2.25. The number of aromatic nitrogens is 3. The molecule has 1 heterocycles. The zero-order valence-electron chi connectivity index (χ0n) is 11.4. The molecular formula is C13H24N4. The van der Waals surface area contributed by atoms with Crippen LogP contribution in [0.15, 0.2) is 0 Å². The summed E-state index contributed by atoms with van der Waals surface area (Å²) < 4.78 is 2.31. The van der Waals surface area contributed by atoms with Gasteiger partial charge in [-0.3, -0.25) is 0 Å². The quantitative estimate of drug-likeness (QED) is 0.873. The molecule has 0 aliphatic heterocycles. The van der Waals surface area contributed by atoms with Crippen molar-refractivity contribution in [3.63, 3.8) is 0 Å². The second-order valence-corrected chi connectivity index (χ2v) is 6.40. The van der Waals surface area contributed by atoms with Gasteiger partial charge >= 0.3 is 0 Å². The Balaban J connectivity index is 2.24. The van der Waals surface area contributed by atoms with Gasteiger partial charge in [-0.1, -0.05) is 20.8 Å². The van der Waals surface area contributed by atoms with Crippen molar-refractivity contribution in [3.8, 4) is 0 Å². The maximum Gasteiger partial charge on any atom is 0.137 e. The van der Waals surface area contributed by atoms with E-state index in [1.165, 1.54) is 12.8 Å². The molecule has 1 saturated carbocycles. The minimum absolute atomic E-state index is 0.276. The van der Waals surface area contributed by atoms with Crippen molar-refractivity contribution in [2.24, 2.45) is 11.1 Å². The van der Waals surface area contributed by atoms with Crippen LogP contribution in [-0.2, 0) is 0 Å². The van der Waals surface area contributed by atoms with Crippen molar-refractivity contribution < 1.29 is 0 Å². The summed E-state index contributed by atoms with van der Waals surface area (Å²) >= 11 is 0. The molecule has 1 unspecified atom stereocenters. The van der Waals surface area contributed by atoms with E-state index in [-0.39, 0.29) is 5.41 Å². The lowest BCUT2D eigenvalue weighted by atomic mass is 9.84. The van der Waals surface area contributed by atoms with Gasteiger partial charge < -0.3 is 10.3 Å². The molecule has 2 N–H and O–H groups in total. The number of nitrogens with two attached hydrogens (primary N) is 1. The standard InChI is InChI=1S/C13H24N4/c1-9-15-16-12(17(9)11-5-6-11)10(8-14)7-13(2,3)4/h10-11H,5-8,14H2,1-4H3. The normalized spacial score (nSPS) is 18.4. The van der Waals surface area contributed by atoms with Crippen LogP contribution in [0.3, 0.4) is 0 Å². The van der Waals surface area contributed by atoms with Gasteiger partial charge in [-0.05, 0) is 31.6 Å². The van der Waals surface area contributed by atoms with E-state index in [2.05, 4.69) is 35.5 Å². The molecule has 0 amide bonds. The molecule has 4 heteroatoms. The predicted octanol–water partition coefficient (Wildman–Crippen LogP) is 2.40. The molecule has 1 aromatic rings. The molecule has 0 saturated heterocycles. The van der Waals surface area contributed by atoms with Crippen LogP contribution in [0.5, 0.6) is 0 Å². The topological polar surface area (TPSA) is 56.7 Å². The fourth-order valence-electron chi connectivity index (χ4n) is 2.47. The van der Waals surface area contributed by atoms with Crippen LogP contribution in [0.25, 0.3) is 0 Å². The Morgan fingerprint density at radius 2 is 2.00 bits per heavy atom. The Labute approximate surface area is 104 Å². The summed E-state index contributed by atoms with van der Waals surface area (Å²) in [7, 11) is 0. The van der Waals surface area contributed by atoms with E-state index in [1.54, 1.807) is 0 Å². The van der Waals surface area contributed by atoms with Gasteiger partial charge in [0.1, 0.15) is 11.6 Å². The van der Waals surface area contributed by atoms with Crippen molar-refractivity contribution in [1.82, 2.24) is 14.8 Å². The van der Waals surface area contributed by atoms with Crippen LogP contribution in [0.4, 0.5) is 0 Å². The van der Waals surface area contributed by atoms with Crippen molar-refractivity contribution in [2.75, 3.05) is 6.54 Å². The maximum atomic E-state index is 5.93. The van der Waals surface area contributed by atoms with Gasteiger partial charge in [-0.25, -0.2) is 0 Å². The summed E-state index contributed by atoms with van der Waals surface area (Å²) in [5.74, 6) is 2.47. The SMILES string of the molecule is Cc1nnc(C(CN)CC(C)(C)C)n1C1CC1. The van der Waals surface area contributed by atoms with E-state index in [0.717, 1.165) is 18.1 Å². The van der Waals surface area contributed by atoms with Crippen LogP contribution >= 0.6 is 0 Å². The first kappa shape index (κ1) is 12.6. The van der Waals surface area contributed by atoms with Crippen LogP contribution < -0.4 is 5.73 Å². The second kappa shape index (κ2) is 4.41. The van der Waals surface area contributed by atoms with Crippen molar-refractivity contribution in [3.05, 3.63) is 11.6 Å². The van der Waals surface area contributed by atoms with E-state index in [0.29, 0.717) is 18.5 Å². The van der Waals surface area contributed by atoms with E-state index in [9.17, 15) is 0 Å². The Morgan fingerprint density at radius 3 is 2.47 bits per heavy atom. The number of aryl methyl sites for hydroxylation is 1. The van der Waals surface area contributed by atoms with Gasteiger partial charge in [0.25, 0.3) is 0 Å². The summed E-state index contributed by atoms with van der Waals surface area (Å²) in [5, 5.41) is 8.60. The summed E-state index contributed by atoms with van der Waals surface area (Å²) in [6, 6.07) is 0.633. The van der Waals surface area contributed by atoms with E-state index in [4.69, 9.17) is 5.73 Å². The monoisotopic (exact) mass is 236 g/mol. The summed E-state index contributed by atoms with van der Waals surface area (Å²) in [6.07, 6.45) is 3.59. The van der Waals surface area contributed by atoms with Gasteiger partial charge in [0.05, 0.1) is 0 Å². The summed E-state index contributed by atoms with van der Waals surface area (Å²) in [4.78, 5) is 0. The third kappa shape index (κ3) is 2.86. The third-order valence-electron chi connectivity index (χ3n) is 3.31. The van der Waals surface area contributed by atoms with Crippen molar-refractivity contribution in [2.45, 2.75) is 58.9 Å². The van der Waals surface area contributed by atoms with Crippen molar-refractivity contribution in [1.29, 1.82) is 0 Å². The number of nitrogens with zero attached hydrogens (tertiary/aromatic N) is 3.